The van der Waals surface area contributed by atoms with Gasteiger partial charge < -0.3 is 4.74 Å². The Morgan fingerprint density at radius 1 is 0.968 bits per heavy atom. The van der Waals surface area contributed by atoms with E-state index in [1.165, 1.54) is 12.1 Å². The number of benzene rings is 3. The van der Waals surface area contributed by atoms with E-state index in [2.05, 4.69) is 5.10 Å². The number of hydrogen-bond acceptors (Lipinski definition) is 3. The summed E-state index contributed by atoms with van der Waals surface area (Å²) >= 11 is 0. The highest BCUT2D eigenvalue weighted by Gasteiger charge is 2.16. The van der Waals surface area contributed by atoms with Crippen molar-refractivity contribution in [3.05, 3.63) is 103 Å². The molecule has 0 radical (unpaired) electrons. The summed E-state index contributed by atoms with van der Waals surface area (Å²) in [6.07, 6.45) is 4.54. The minimum atomic E-state index is -0.457. The Bertz CT molecular complexity index is 1210. The van der Waals surface area contributed by atoms with Crippen LogP contribution in [0.3, 0.4) is 0 Å². The van der Waals surface area contributed by atoms with Gasteiger partial charge >= 0.3 is 5.97 Å². The van der Waals surface area contributed by atoms with Crippen LogP contribution in [0.5, 0.6) is 0 Å². The highest BCUT2D eigenvalue weighted by atomic mass is 19.1. The predicted octanol–water partition coefficient (Wildman–Crippen LogP) is 5.92. The lowest BCUT2D eigenvalue weighted by Crippen LogP contribution is -2.01. The third kappa shape index (κ3) is 4.46. The van der Waals surface area contributed by atoms with Crippen LogP contribution in [0, 0.1) is 5.82 Å². The number of rotatable bonds is 6. The number of carbonyl (C=O) groups excluding carboxylic acids is 1. The molecule has 0 N–H and O–H groups in total. The molecular formula is C26H21FN2O2. The van der Waals surface area contributed by atoms with Crippen LogP contribution in [0.2, 0.25) is 0 Å². The van der Waals surface area contributed by atoms with Crippen molar-refractivity contribution in [1.29, 1.82) is 0 Å². The molecule has 0 aliphatic heterocycles. The maximum Gasteiger partial charge on any atom is 0.330 e. The van der Waals surface area contributed by atoms with E-state index in [1.54, 1.807) is 42.1 Å². The van der Waals surface area contributed by atoms with Crippen LogP contribution in [-0.2, 0) is 9.53 Å². The van der Waals surface area contributed by atoms with E-state index in [0.717, 1.165) is 16.8 Å². The average Bonchev–Trinajstić information content (AvgIpc) is 3.22. The summed E-state index contributed by atoms with van der Waals surface area (Å²) < 4.78 is 21.3. The topological polar surface area (TPSA) is 44.1 Å². The van der Waals surface area contributed by atoms with Crippen LogP contribution in [0.25, 0.3) is 34.1 Å². The first-order valence-electron chi connectivity index (χ1n) is 10.0. The predicted molar refractivity (Wildman–Crippen MR) is 120 cm³/mol. The van der Waals surface area contributed by atoms with Crippen LogP contribution >= 0.6 is 0 Å². The maximum absolute atomic E-state index is 14.7. The lowest BCUT2D eigenvalue weighted by atomic mass is 10.0. The van der Waals surface area contributed by atoms with Crippen LogP contribution in [-0.4, -0.2) is 22.4 Å². The molecule has 0 aliphatic rings. The van der Waals surface area contributed by atoms with E-state index in [0.29, 0.717) is 16.8 Å². The van der Waals surface area contributed by atoms with Crippen molar-refractivity contribution < 1.29 is 13.9 Å². The van der Waals surface area contributed by atoms with Gasteiger partial charge in [-0.2, -0.15) is 5.10 Å². The summed E-state index contributed by atoms with van der Waals surface area (Å²) in [5.41, 5.74) is 4.55. The van der Waals surface area contributed by atoms with Gasteiger partial charge in [-0.25, -0.2) is 13.9 Å². The largest absolute Gasteiger partial charge is 0.463 e. The lowest BCUT2D eigenvalue weighted by molar-refractivity contribution is -0.137. The minimum Gasteiger partial charge on any atom is -0.463 e. The Morgan fingerprint density at radius 2 is 1.65 bits per heavy atom. The van der Waals surface area contributed by atoms with Gasteiger partial charge in [-0.05, 0) is 48.4 Å². The van der Waals surface area contributed by atoms with Gasteiger partial charge in [-0.3, -0.25) is 0 Å². The summed E-state index contributed by atoms with van der Waals surface area (Å²) in [7, 11) is 0. The van der Waals surface area contributed by atoms with Gasteiger partial charge in [-0.15, -0.1) is 0 Å². The number of halogens is 1. The van der Waals surface area contributed by atoms with E-state index in [1.807, 2.05) is 54.6 Å². The molecule has 1 aromatic heterocycles. The number of nitrogens with zero attached hydrogens (tertiary/aromatic N) is 2. The second-order valence-electron chi connectivity index (χ2n) is 6.84. The average molecular weight is 412 g/mol. The quantitative estimate of drug-likeness (QED) is 0.292. The highest BCUT2D eigenvalue weighted by molar-refractivity contribution is 5.89. The third-order valence-corrected chi connectivity index (χ3v) is 4.83. The first kappa shape index (κ1) is 20.3. The molecule has 0 spiro atoms. The monoisotopic (exact) mass is 412 g/mol. The standard InChI is InChI=1S/C26H21FN2O2/c1-2-31-25(30)17-14-21-18-28-29(26(21)23-10-6-7-11-24(23)27)22-15-12-20(13-16-22)19-8-4-3-5-9-19/h3-18H,2H2,1H3/b17-14+. The van der Waals surface area contributed by atoms with Gasteiger partial charge in [0.1, 0.15) is 5.82 Å². The van der Waals surface area contributed by atoms with Crippen LogP contribution in [0.4, 0.5) is 4.39 Å². The Hall–Kier alpha value is -3.99. The van der Waals surface area contributed by atoms with Gasteiger partial charge in [0.15, 0.2) is 0 Å². The Morgan fingerprint density at radius 3 is 2.35 bits per heavy atom. The van der Waals surface area contributed by atoms with Crippen molar-refractivity contribution in [3.8, 4) is 28.1 Å². The van der Waals surface area contributed by atoms with E-state index in [-0.39, 0.29) is 12.4 Å². The molecular weight excluding hydrogens is 391 g/mol. The van der Waals surface area contributed by atoms with E-state index in [4.69, 9.17) is 4.74 Å². The molecule has 4 nitrogen and oxygen atoms in total. The summed E-state index contributed by atoms with van der Waals surface area (Å²) in [4.78, 5) is 11.8. The maximum atomic E-state index is 14.7. The summed E-state index contributed by atoms with van der Waals surface area (Å²) in [5.74, 6) is -0.821. The normalized spacial score (nSPS) is 11.0. The zero-order chi connectivity index (χ0) is 21.6. The van der Waals surface area contributed by atoms with Gasteiger partial charge in [0.05, 0.1) is 24.2 Å². The van der Waals surface area contributed by atoms with Gasteiger partial charge in [0, 0.05) is 17.2 Å². The van der Waals surface area contributed by atoms with Crippen molar-refractivity contribution in [1.82, 2.24) is 9.78 Å². The van der Waals surface area contributed by atoms with Crippen molar-refractivity contribution in [2.45, 2.75) is 6.92 Å². The number of hydrogen-bond donors (Lipinski definition) is 0. The molecule has 0 fully saturated rings. The SMILES string of the molecule is CCOC(=O)/C=C/c1cnn(-c2ccc(-c3ccccc3)cc2)c1-c1ccccc1F. The number of esters is 1. The lowest BCUT2D eigenvalue weighted by Gasteiger charge is -2.11. The molecule has 0 saturated heterocycles. The fourth-order valence-electron chi connectivity index (χ4n) is 3.38. The van der Waals surface area contributed by atoms with Crippen molar-refractivity contribution >= 4 is 12.0 Å². The number of aromatic nitrogens is 2. The molecule has 1 heterocycles. The summed E-state index contributed by atoms with van der Waals surface area (Å²) in [6, 6.07) is 24.5. The van der Waals surface area contributed by atoms with Gasteiger partial charge in [0.2, 0.25) is 0 Å². The number of carbonyl (C=O) groups is 1. The smallest absolute Gasteiger partial charge is 0.330 e. The molecule has 4 aromatic rings. The third-order valence-electron chi connectivity index (χ3n) is 4.83. The van der Waals surface area contributed by atoms with Crippen LogP contribution < -0.4 is 0 Å². The molecule has 31 heavy (non-hydrogen) atoms. The fourth-order valence-corrected chi connectivity index (χ4v) is 3.38. The molecule has 0 saturated carbocycles. The zero-order valence-electron chi connectivity index (χ0n) is 17.0. The molecule has 0 aliphatic carbocycles. The molecule has 3 aromatic carbocycles. The molecule has 4 rings (SSSR count). The Labute approximate surface area is 180 Å². The first-order valence-corrected chi connectivity index (χ1v) is 10.0. The fraction of sp³-hybridized carbons (Fsp3) is 0.0769. The molecule has 154 valence electrons. The van der Waals surface area contributed by atoms with Crippen molar-refractivity contribution in [2.24, 2.45) is 0 Å². The second-order valence-corrected chi connectivity index (χ2v) is 6.84. The first-order chi connectivity index (χ1) is 15.2. The second kappa shape index (κ2) is 9.22. The molecule has 0 atom stereocenters. The van der Waals surface area contributed by atoms with Crippen molar-refractivity contribution in [3.63, 3.8) is 0 Å². The molecule has 5 heteroatoms. The molecule has 0 amide bonds. The Balaban J connectivity index is 1.77. The van der Waals surface area contributed by atoms with E-state index >= 15 is 0 Å². The van der Waals surface area contributed by atoms with Crippen LogP contribution in [0.1, 0.15) is 12.5 Å². The molecule has 0 bridgehead atoms. The number of ether oxygens (including phenoxy) is 1. The van der Waals surface area contributed by atoms with E-state index in [9.17, 15) is 9.18 Å². The highest BCUT2D eigenvalue weighted by Crippen LogP contribution is 2.30. The summed E-state index contributed by atoms with van der Waals surface area (Å²) in [6.45, 7) is 2.03. The minimum absolute atomic E-state index is 0.288. The van der Waals surface area contributed by atoms with Crippen molar-refractivity contribution in [2.75, 3.05) is 6.61 Å². The summed E-state index contributed by atoms with van der Waals surface area (Å²) in [5, 5.41) is 4.48. The van der Waals surface area contributed by atoms with Crippen LogP contribution in [0.15, 0.2) is 91.1 Å². The molecule has 0 unspecified atom stereocenters. The Kier molecular flexibility index (Phi) is 6.03. The zero-order valence-corrected chi connectivity index (χ0v) is 17.0. The van der Waals surface area contributed by atoms with Gasteiger partial charge in [-0.1, -0.05) is 54.6 Å². The van der Waals surface area contributed by atoms with E-state index < -0.39 is 5.97 Å². The van der Waals surface area contributed by atoms with Gasteiger partial charge in [0.25, 0.3) is 0 Å².